The van der Waals surface area contributed by atoms with Gasteiger partial charge < -0.3 is 24.8 Å². The summed E-state index contributed by atoms with van der Waals surface area (Å²) in [5.74, 6) is 2.35. The van der Waals surface area contributed by atoms with Gasteiger partial charge in [-0.1, -0.05) is 46.8 Å². The molecule has 1 aromatic heterocycles. The SMILES string of the molecule is C[C@H](CNC(C)(C)C)Oc1cccc(CCC(C)(C)CCC(C)(C)NC[C@H](C)Oc2ccc(OCC(C)(C)C)cn2)c1. The topological polar surface area (TPSA) is 64.6 Å². The van der Waals surface area contributed by atoms with Crippen molar-refractivity contribution in [3.63, 3.8) is 0 Å². The summed E-state index contributed by atoms with van der Waals surface area (Å²) in [4.78, 5) is 4.43. The number of ether oxygens (including phenoxy) is 3. The van der Waals surface area contributed by atoms with Gasteiger partial charge in [-0.15, -0.1) is 0 Å². The lowest BCUT2D eigenvalue weighted by atomic mass is 9.79. The van der Waals surface area contributed by atoms with E-state index < -0.39 is 0 Å². The molecule has 0 saturated carbocycles. The fraction of sp³-hybridized carbons (Fsp3) is 0.694. The zero-order chi connectivity index (χ0) is 31.6. The van der Waals surface area contributed by atoms with E-state index in [1.807, 2.05) is 12.1 Å². The van der Waals surface area contributed by atoms with Crippen molar-refractivity contribution in [2.24, 2.45) is 10.8 Å². The second kappa shape index (κ2) is 15.4. The van der Waals surface area contributed by atoms with Crippen molar-refractivity contribution >= 4 is 0 Å². The summed E-state index contributed by atoms with van der Waals surface area (Å²) < 4.78 is 18.1. The number of pyridine rings is 1. The van der Waals surface area contributed by atoms with E-state index >= 15 is 0 Å². The number of nitrogens with one attached hydrogen (secondary N) is 2. The van der Waals surface area contributed by atoms with Crippen LogP contribution in [0.25, 0.3) is 0 Å². The zero-order valence-corrected chi connectivity index (χ0v) is 28.8. The summed E-state index contributed by atoms with van der Waals surface area (Å²) in [6, 6.07) is 12.4. The Hall–Kier alpha value is -2.31. The Balaban J connectivity index is 1.75. The third kappa shape index (κ3) is 15.8. The molecule has 2 N–H and O–H groups in total. The van der Waals surface area contributed by atoms with Crippen molar-refractivity contribution in [2.45, 2.75) is 132 Å². The van der Waals surface area contributed by atoms with Crippen molar-refractivity contribution in [3.05, 3.63) is 48.2 Å². The van der Waals surface area contributed by atoms with E-state index in [0.29, 0.717) is 12.5 Å². The van der Waals surface area contributed by atoms with Gasteiger partial charge >= 0.3 is 0 Å². The molecule has 6 heteroatoms. The van der Waals surface area contributed by atoms with E-state index in [0.717, 1.165) is 50.3 Å². The van der Waals surface area contributed by atoms with Crippen LogP contribution in [0.5, 0.6) is 17.4 Å². The second-order valence-corrected chi connectivity index (χ2v) is 15.7. The smallest absolute Gasteiger partial charge is 0.213 e. The van der Waals surface area contributed by atoms with Gasteiger partial charge in [0.05, 0.1) is 12.8 Å². The number of hydrogen-bond acceptors (Lipinski definition) is 6. The van der Waals surface area contributed by atoms with E-state index in [1.165, 1.54) is 5.56 Å². The van der Waals surface area contributed by atoms with Crippen LogP contribution in [0.2, 0.25) is 0 Å². The van der Waals surface area contributed by atoms with E-state index in [9.17, 15) is 0 Å². The van der Waals surface area contributed by atoms with Gasteiger partial charge in [0.15, 0.2) is 0 Å². The van der Waals surface area contributed by atoms with Crippen LogP contribution in [-0.4, -0.2) is 48.0 Å². The van der Waals surface area contributed by atoms with Crippen molar-refractivity contribution in [2.75, 3.05) is 19.7 Å². The molecule has 0 aliphatic heterocycles. The monoisotopic (exact) mass is 583 g/mol. The van der Waals surface area contributed by atoms with Crippen LogP contribution < -0.4 is 24.8 Å². The van der Waals surface area contributed by atoms with E-state index in [2.05, 4.69) is 123 Å². The highest BCUT2D eigenvalue weighted by molar-refractivity contribution is 5.29. The highest BCUT2D eigenvalue weighted by Gasteiger charge is 2.25. The maximum atomic E-state index is 6.19. The second-order valence-electron chi connectivity index (χ2n) is 15.7. The molecule has 2 rings (SSSR count). The molecule has 0 saturated heterocycles. The standard InChI is InChI=1S/C36H61N3O3/c1-27(23-38-34(6,7)8)41-30-15-13-14-29(22-30)18-19-35(9,10)20-21-36(11,12)39-24-28(2)42-32-17-16-31(25-37-32)40-26-33(3,4)5/h13-17,22,25,27-28,38-39H,18-21,23-24,26H2,1-12H3/t27-,28+/m1/s1. The molecule has 0 amide bonds. The largest absolute Gasteiger partial charge is 0.491 e. The first kappa shape index (κ1) is 35.9. The normalized spacial score (nSPS) is 14.4. The van der Waals surface area contributed by atoms with Crippen molar-refractivity contribution in [1.82, 2.24) is 15.6 Å². The van der Waals surface area contributed by atoms with Gasteiger partial charge in [0.2, 0.25) is 5.88 Å². The summed E-state index contributed by atoms with van der Waals surface area (Å²) in [6.45, 7) is 28.8. The van der Waals surface area contributed by atoms with Gasteiger partial charge in [-0.3, -0.25) is 0 Å². The quantitative estimate of drug-likeness (QED) is 0.196. The van der Waals surface area contributed by atoms with Crippen molar-refractivity contribution in [3.8, 4) is 17.4 Å². The summed E-state index contributed by atoms with van der Waals surface area (Å²) in [6.07, 6.45) is 6.28. The first-order valence-corrected chi connectivity index (χ1v) is 15.8. The van der Waals surface area contributed by atoms with Gasteiger partial charge in [0.25, 0.3) is 0 Å². The molecule has 0 radical (unpaired) electrons. The fourth-order valence-electron chi connectivity index (χ4n) is 4.33. The maximum absolute atomic E-state index is 6.19. The van der Waals surface area contributed by atoms with Crippen LogP contribution in [0.1, 0.15) is 108 Å². The third-order valence-electron chi connectivity index (χ3n) is 7.24. The van der Waals surface area contributed by atoms with E-state index in [4.69, 9.17) is 14.2 Å². The molecule has 2 atom stereocenters. The minimum absolute atomic E-state index is 0.00702. The van der Waals surface area contributed by atoms with Gasteiger partial charge in [0.1, 0.15) is 23.7 Å². The number of hydrogen-bond donors (Lipinski definition) is 2. The van der Waals surface area contributed by atoms with E-state index in [1.54, 1.807) is 6.20 Å². The molecule has 0 aliphatic rings. The number of aromatic nitrogens is 1. The van der Waals surface area contributed by atoms with E-state index in [-0.39, 0.29) is 34.1 Å². The molecule has 238 valence electrons. The Morgan fingerprint density at radius 2 is 1.40 bits per heavy atom. The van der Waals surface area contributed by atoms with Crippen LogP contribution in [-0.2, 0) is 6.42 Å². The Labute approximate surface area is 257 Å². The number of nitrogens with zero attached hydrogens (tertiary/aromatic N) is 1. The van der Waals surface area contributed by atoms with Gasteiger partial charge in [-0.2, -0.15) is 0 Å². The molecule has 0 fully saturated rings. The molecule has 2 aromatic rings. The Morgan fingerprint density at radius 1 is 0.738 bits per heavy atom. The highest BCUT2D eigenvalue weighted by atomic mass is 16.5. The average molecular weight is 584 g/mol. The molecule has 0 spiro atoms. The molecular formula is C36H61N3O3. The van der Waals surface area contributed by atoms with Crippen molar-refractivity contribution in [1.29, 1.82) is 0 Å². The lowest BCUT2D eigenvalue weighted by Crippen LogP contribution is -2.44. The van der Waals surface area contributed by atoms with Crippen LogP contribution in [0.3, 0.4) is 0 Å². The maximum Gasteiger partial charge on any atom is 0.213 e. The molecular weight excluding hydrogens is 522 g/mol. The molecule has 42 heavy (non-hydrogen) atoms. The number of rotatable bonds is 17. The first-order chi connectivity index (χ1) is 19.3. The number of benzene rings is 1. The van der Waals surface area contributed by atoms with Gasteiger partial charge in [-0.25, -0.2) is 4.98 Å². The molecule has 1 heterocycles. The predicted molar refractivity (Wildman–Crippen MR) is 177 cm³/mol. The summed E-state index contributed by atoms with van der Waals surface area (Å²) in [5.41, 5.74) is 1.79. The highest BCUT2D eigenvalue weighted by Crippen LogP contribution is 2.32. The predicted octanol–water partition coefficient (Wildman–Crippen LogP) is 8.24. The Bertz CT molecular complexity index is 1050. The van der Waals surface area contributed by atoms with Crippen LogP contribution >= 0.6 is 0 Å². The fourth-order valence-corrected chi connectivity index (χ4v) is 4.33. The van der Waals surface area contributed by atoms with Crippen LogP contribution in [0.4, 0.5) is 0 Å². The minimum Gasteiger partial charge on any atom is -0.491 e. The Kier molecular flexibility index (Phi) is 13.2. The lowest BCUT2D eigenvalue weighted by molar-refractivity contribution is 0.179. The molecule has 0 bridgehead atoms. The Morgan fingerprint density at radius 3 is 2.02 bits per heavy atom. The number of aryl methyl sites for hydroxylation is 1. The first-order valence-electron chi connectivity index (χ1n) is 15.8. The summed E-state index contributed by atoms with van der Waals surface area (Å²) >= 11 is 0. The van der Waals surface area contributed by atoms with Gasteiger partial charge in [-0.05, 0) is 109 Å². The van der Waals surface area contributed by atoms with Crippen LogP contribution in [0, 0.1) is 10.8 Å². The third-order valence-corrected chi connectivity index (χ3v) is 7.24. The molecule has 0 unspecified atom stereocenters. The molecule has 0 aliphatic carbocycles. The van der Waals surface area contributed by atoms with Gasteiger partial charge in [0, 0.05) is 30.2 Å². The summed E-state index contributed by atoms with van der Waals surface area (Å²) in [5, 5.41) is 7.24. The minimum atomic E-state index is 0.00702. The van der Waals surface area contributed by atoms with Crippen LogP contribution in [0.15, 0.2) is 42.6 Å². The zero-order valence-electron chi connectivity index (χ0n) is 28.8. The molecule has 6 nitrogen and oxygen atoms in total. The van der Waals surface area contributed by atoms with Crippen molar-refractivity contribution < 1.29 is 14.2 Å². The lowest BCUT2D eigenvalue weighted by Gasteiger charge is -2.33. The molecule has 1 aromatic carbocycles. The average Bonchev–Trinajstić information content (AvgIpc) is 2.88. The summed E-state index contributed by atoms with van der Waals surface area (Å²) in [7, 11) is 0.